The Labute approximate surface area is 612 Å². The summed E-state index contributed by atoms with van der Waals surface area (Å²) in [5.41, 5.74) is 0. The zero-order valence-electron chi connectivity index (χ0n) is 65.0. The first kappa shape index (κ1) is 97.5. The fraction of sp³-hybridized carbons (Fsp3) is 0.901. The van der Waals surface area contributed by atoms with Crippen LogP contribution in [0, 0.1) is 11.8 Å². The van der Waals surface area contributed by atoms with Gasteiger partial charge < -0.3 is 33.8 Å². The van der Waals surface area contributed by atoms with Gasteiger partial charge in [0, 0.05) is 25.7 Å². The van der Waals surface area contributed by atoms with Crippen LogP contribution in [0.4, 0.5) is 0 Å². The summed E-state index contributed by atoms with van der Waals surface area (Å²) in [6, 6.07) is 0. The number of phosphoric ester groups is 2. The van der Waals surface area contributed by atoms with E-state index in [2.05, 4.69) is 65.8 Å². The number of rotatable bonds is 78. The number of aliphatic hydroxyl groups excluding tert-OH is 1. The van der Waals surface area contributed by atoms with E-state index in [9.17, 15) is 43.2 Å². The minimum atomic E-state index is -4.97. The molecule has 0 fully saturated rings. The van der Waals surface area contributed by atoms with E-state index in [0.717, 1.165) is 115 Å². The topological polar surface area (TPSA) is 237 Å². The Balaban J connectivity index is 5.26. The number of ether oxygens (including phenoxy) is 4. The minimum absolute atomic E-state index is 0.0841. The lowest BCUT2D eigenvalue weighted by Gasteiger charge is -2.21. The Morgan fingerprint density at radius 3 is 0.900 bits per heavy atom. The van der Waals surface area contributed by atoms with Gasteiger partial charge in [-0.25, -0.2) is 9.13 Å². The van der Waals surface area contributed by atoms with Crippen molar-refractivity contribution in [2.45, 2.75) is 419 Å². The lowest BCUT2D eigenvalue weighted by atomic mass is 9.99. The van der Waals surface area contributed by atoms with Crippen LogP contribution in [0.1, 0.15) is 401 Å². The third kappa shape index (κ3) is 72.5. The molecule has 0 bridgehead atoms. The molecule has 0 aromatic carbocycles. The molecule has 0 aromatic heterocycles. The van der Waals surface area contributed by atoms with Crippen LogP contribution in [-0.4, -0.2) is 96.7 Å². The lowest BCUT2D eigenvalue weighted by molar-refractivity contribution is -0.161. The standard InChI is InChI=1S/C81H154O17P2/c1-7-10-12-14-16-18-20-22-24-25-26-28-32-36-40-44-51-57-63-78(83)91-69-76(97-80(85)65-60-54-46-42-38-34-30-29-31-35-39-43-50-56-62-74(6)9-3)71-95-99(87,88)93-67-75(82)68-94-100(89,90)96-72-77(70-92-79(84)64-58-52-48-47-49-55-61-73(4)5)98-81(86)66-59-53-45-41-37-33-27-23-21-19-17-15-13-11-8-2/h19,21,23,27,73-77,82H,7-18,20,22,24-26,28-72H2,1-6H3,(H,87,88)(H,89,90)/b21-19-,27-23-/t74?,75-,76-,77-/m1/s1. The average molecular weight is 1460 g/mol. The molecule has 0 saturated carbocycles. The SMILES string of the molecule is CCCCCC/C=C\C=C/CCCCCCCC(=O)O[C@H](COC(=O)CCCCCCCCC(C)C)COP(=O)(O)OC[C@H](O)COP(=O)(O)OC[C@@H](COC(=O)CCCCCCCCCCCCCCCCCCCC)OC(=O)CCCCCCCCCCCCCCCCC(C)CC. The van der Waals surface area contributed by atoms with Gasteiger partial charge in [0.1, 0.15) is 19.3 Å². The maximum absolute atomic E-state index is 13.1. The fourth-order valence-electron chi connectivity index (χ4n) is 12.0. The molecule has 590 valence electrons. The molecule has 0 spiro atoms. The fourth-order valence-corrected chi connectivity index (χ4v) is 13.5. The van der Waals surface area contributed by atoms with Crippen molar-refractivity contribution in [1.29, 1.82) is 0 Å². The van der Waals surface area contributed by atoms with Gasteiger partial charge in [-0.2, -0.15) is 0 Å². The largest absolute Gasteiger partial charge is 0.472 e. The molecule has 0 heterocycles. The van der Waals surface area contributed by atoms with Crippen molar-refractivity contribution in [1.82, 2.24) is 0 Å². The van der Waals surface area contributed by atoms with Crippen molar-refractivity contribution in [3.8, 4) is 0 Å². The number of carbonyl (C=O) groups is 4. The summed E-state index contributed by atoms with van der Waals surface area (Å²) < 4.78 is 68.6. The van der Waals surface area contributed by atoms with E-state index in [1.807, 2.05) is 0 Å². The molecule has 0 aliphatic carbocycles. The van der Waals surface area contributed by atoms with Crippen LogP contribution in [0.3, 0.4) is 0 Å². The average Bonchev–Trinajstić information content (AvgIpc) is 0.928. The smallest absolute Gasteiger partial charge is 0.462 e. The van der Waals surface area contributed by atoms with E-state index in [0.29, 0.717) is 31.6 Å². The highest BCUT2D eigenvalue weighted by Crippen LogP contribution is 2.45. The number of esters is 4. The van der Waals surface area contributed by atoms with Gasteiger partial charge in [0.05, 0.1) is 26.4 Å². The molecule has 6 atom stereocenters. The summed E-state index contributed by atoms with van der Waals surface area (Å²) in [7, 11) is -9.93. The van der Waals surface area contributed by atoms with E-state index in [4.69, 9.17) is 37.0 Å². The summed E-state index contributed by atoms with van der Waals surface area (Å²) in [6.07, 6.45) is 64.8. The Morgan fingerprint density at radius 1 is 0.330 bits per heavy atom. The predicted molar refractivity (Wildman–Crippen MR) is 409 cm³/mol. The molecular formula is C81H154O17P2. The lowest BCUT2D eigenvalue weighted by Crippen LogP contribution is -2.30. The van der Waals surface area contributed by atoms with Crippen LogP contribution in [0.2, 0.25) is 0 Å². The summed E-state index contributed by atoms with van der Waals surface area (Å²) in [5, 5.41) is 10.6. The van der Waals surface area contributed by atoms with Gasteiger partial charge in [-0.3, -0.25) is 37.3 Å². The van der Waals surface area contributed by atoms with Gasteiger partial charge in [-0.05, 0) is 63.2 Å². The first-order valence-corrected chi connectivity index (χ1v) is 44.3. The molecule has 0 amide bonds. The second kappa shape index (κ2) is 72.1. The molecular weight excluding hydrogens is 1310 g/mol. The molecule has 3 unspecified atom stereocenters. The minimum Gasteiger partial charge on any atom is -0.462 e. The quantitative estimate of drug-likeness (QED) is 0.0169. The number of carbonyl (C=O) groups excluding carboxylic acids is 4. The van der Waals surface area contributed by atoms with Crippen LogP contribution >= 0.6 is 15.6 Å². The van der Waals surface area contributed by atoms with Gasteiger partial charge in [0.15, 0.2) is 12.2 Å². The zero-order valence-corrected chi connectivity index (χ0v) is 66.8. The van der Waals surface area contributed by atoms with E-state index >= 15 is 0 Å². The number of hydrogen-bond donors (Lipinski definition) is 3. The highest BCUT2D eigenvalue weighted by atomic mass is 31.2. The number of allylic oxidation sites excluding steroid dienone is 4. The Bertz CT molecular complexity index is 2020. The first-order chi connectivity index (χ1) is 48.4. The van der Waals surface area contributed by atoms with Crippen molar-refractivity contribution in [3.63, 3.8) is 0 Å². The summed E-state index contributed by atoms with van der Waals surface area (Å²) >= 11 is 0. The normalized spacial score (nSPS) is 14.3. The van der Waals surface area contributed by atoms with Crippen molar-refractivity contribution in [2.75, 3.05) is 39.6 Å². The predicted octanol–water partition coefficient (Wildman–Crippen LogP) is 23.8. The van der Waals surface area contributed by atoms with E-state index < -0.39 is 97.5 Å². The van der Waals surface area contributed by atoms with Gasteiger partial charge in [0.2, 0.25) is 0 Å². The van der Waals surface area contributed by atoms with Crippen LogP contribution in [-0.2, 0) is 65.4 Å². The molecule has 0 aliphatic heterocycles. The van der Waals surface area contributed by atoms with E-state index in [-0.39, 0.29) is 25.7 Å². The number of aliphatic hydroxyl groups is 1. The molecule has 0 aliphatic rings. The molecule has 0 radical (unpaired) electrons. The maximum Gasteiger partial charge on any atom is 0.472 e. The van der Waals surface area contributed by atoms with Crippen molar-refractivity contribution in [2.24, 2.45) is 11.8 Å². The van der Waals surface area contributed by atoms with Gasteiger partial charge in [0.25, 0.3) is 0 Å². The maximum atomic E-state index is 13.1. The third-order valence-corrected chi connectivity index (χ3v) is 20.6. The van der Waals surface area contributed by atoms with Gasteiger partial charge in [-0.15, -0.1) is 0 Å². The molecule has 100 heavy (non-hydrogen) atoms. The van der Waals surface area contributed by atoms with Crippen molar-refractivity contribution in [3.05, 3.63) is 24.3 Å². The van der Waals surface area contributed by atoms with Crippen LogP contribution < -0.4 is 0 Å². The molecule has 0 rings (SSSR count). The monoisotopic (exact) mass is 1460 g/mol. The number of phosphoric acid groups is 2. The Kier molecular flexibility index (Phi) is 70.3. The molecule has 19 heteroatoms. The summed E-state index contributed by atoms with van der Waals surface area (Å²) in [5.74, 6) is -0.621. The van der Waals surface area contributed by atoms with Gasteiger partial charge in [-0.1, -0.05) is 348 Å². The molecule has 0 saturated heterocycles. The summed E-state index contributed by atoms with van der Waals surface area (Å²) in [6.45, 7) is 9.53. The van der Waals surface area contributed by atoms with Crippen LogP contribution in [0.5, 0.6) is 0 Å². The van der Waals surface area contributed by atoms with Crippen molar-refractivity contribution < 1.29 is 80.2 Å². The van der Waals surface area contributed by atoms with Gasteiger partial charge >= 0.3 is 39.5 Å². The second-order valence-electron chi connectivity index (χ2n) is 29.2. The molecule has 17 nitrogen and oxygen atoms in total. The Hall–Kier alpha value is -2.46. The third-order valence-electron chi connectivity index (χ3n) is 18.7. The second-order valence-corrected chi connectivity index (χ2v) is 32.1. The highest BCUT2D eigenvalue weighted by molar-refractivity contribution is 7.47. The van der Waals surface area contributed by atoms with Crippen molar-refractivity contribution >= 4 is 39.5 Å². The highest BCUT2D eigenvalue weighted by Gasteiger charge is 2.30. The number of unbranched alkanes of at least 4 members (excludes halogenated alkanes) is 44. The molecule has 0 aromatic rings. The van der Waals surface area contributed by atoms with Crippen LogP contribution in [0.15, 0.2) is 24.3 Å². The van der Waals surface area contributed by atoms with Crippen LogP contribution in [0.25, 0.3) is 0 Å². The van der Waals surface area contributed by atoms with E-state index in [1.54, 1.807) is 0 Å². The van der Waals surface area contributed by atoms with E-state index in [1.165, 1.54) is 199 Å². The molecule has 3 N–H and O–H groups in total. The Morgan fingerprint density at radius 2 is 0.590 bits per heavy atom. The first-order valence-electron chi connectivity index (χ1n) is 41.3. The zero-order chi connectivity index (χ0) is 73.5. The summed E-state index contributed by atoms with van der Waals surface area (Å²) in [4.78, 5) is 73.0. The number of hydrogen-bond acceptors (Lipinski definition) is 15.